The molecule has 1 saturated heterocycles. The minimum Gasteiger partial charge on any atom is -0.497 e. The molecule has 2 bridgehead atoms. The number of nitrogens with zero attached hydrogens (tertiary/aromatic N) is 3. The van der Waals surface area contributed by atoms with Gasteiger partial charge < -0.3 is 14.4 Å². The van der Waals surface area contributed by atoms with E-state index in [0.29, 0.717) is 30.0 Å². The summed E-state index contributed by atoms with van der Waals surface area (Å²) >= 11 is 0. The van der Waals surface area contributed by atoms with Gasteiger partial charge in [-0.3, -0.25) is 4.79 Å². The standard InChI is InChI=1S/C19H23N3O4/c1-12-17(21-26-20-12)10-19(23)22-14-7-6-13(8-14)18(22)11-25-16-5-3-4-15(9-16)24-2/h3-5,9,13-14,18H,6-8,10-11H2,1-2H3/t13-,14+,18-/m0/s1. The van der Waals surface area contributed by atoms with Gasteiger partial charge in [0, 0.05) is 12.1 Å². The molecule has 26 heavy (non-hydrogen) atoms. The van der Waals surface area contributed by atoms with Crippen LogP contribution >= 0.6 is 0 Å². The van der Waals surface area contributed by atoms with Crippen LogP contribution in [0.15, 0.2) is 28.9 Å². The molecule has 1 saturated carbocycles. The van der Waals surface area contributed by atoms with Gasteiger partial charge in [0.15, 0.2) is 0 Å². The molecule has 2 heterocycles. The molecule has 2 aromatic rings. The first-order valence-corrected chi connectivity index (χ1v) is 9.01. The van der Waals surface area contributed by atoms with Gasteiger partial charge in [0.2, 0.25) is 5.91 Å². The number of benzene rings is 1. The van der Waals surface area contributed by atoms with Crippen LogP contribution in [-0.2, 0) is 11.2 Å². The number of aryl methyl sites for hydroxylation is 1. The highest BCUT2D eigenvalue weighted by molar-refractivity contribution is 5.79. The zero-order chi connectivity index (χ0) is 18.1. The summed E-state index contributed by atoms with van der Waals surface area (Å²) < 4.78 is 16.0. The van der Waals surface area contributed by atoms with Gasteiger partial charge in [-0.2, -0.15) is 0 Å². The summed E-state index contributed by atoms with van der Waals surface area (Å²) in [5.41, 5.74) is 1.29. The Bertz CT molecular complexity index is 791. The lowest BCUT2D eigenvalue weighted by Crippen LogP contribution is -2.48. The van der Waals surface area contributed by atoms with Crippen molar-refractivity contribution < 1.29 is 18.9 Å². The molecule has 1 aromatic heterocycles. The van der Waals surface area contributed by atoms with E-state index < -0.39 is 0 Å². The average Bonchev–Trinajstić information content (AvgIpc) is 3.37. The van der Waals surface area contributed by atoms with Crippen LogP contribution in [0.25, 0.3) is 0 Å². The van der Waals surface area contributed by atoms with Crippen LogP contribution in [0.5, 0.6) is 11.5 Å². The first kappa shape index (κ1) is 16.9. The number of ether oxygens (including phenoxy) is 2. The molecule has 1 aromatic carbocycles. The van der Waals surface area contributed by atoms with Crippen LogP contribution in [0.1, 0.15) is 30.7 Å². The fourth-order valence-electron chi connectivity index (χ4n) is 4.21. The summed E-state index contributed by atoms with van der Waals surface area (Å²) in [4.78, 5) is 14.9. The van der Waals surface area contributed by atoms with Gasteiger partial charge >= 0.3 is 0 Å². The molecule has 138 valence electrons. The lowest BCUT2D eigenvalue weighted by atomic mass is 9.99. The molecule has 1 aliphatic carbocycles. The number of hydrogen-bond acceptors (Lipinski definition) is 6. The quantitative estimate of drug-likeness (QED) is 0.790. The first-order valence-electron chi connectivity index (χ1n) is 9.01. The average molecular weight is 357 g/mol. The van der Waals surface area contributed by atoms with Gasteiger partial charge in [-0.15, -0.1) is 0 Å². The molecular formula is C19H23N3O4. The molecule has 0 unspecified atom stereocenters. The highest BCUT2D eigenvalue weighted by Crippen LogP contribution is 2.43. The summed E-state index contributed by atoms with van der Waals surface area (Å²) in [6.45, 7) is 2.30. The Kier molecular flexibility index (Phi) is 4.53. The molecular weight excluding hydrogens is 334 g/mol. The molecule has 1 amide bonds. The Morgan fingerprint density at radius 2 is 2.15 bits per heavy atom. The van der Waals surface area contributed by atoms with Crippen molar-refractivity contribution in [2.75, 3.05) is 13.7 Å². The fraction of sp³-hybridized carbons (Fsp3) is 0.526. The molecule has 7 nitrogen and oxygen atoms in total. The Morgan fingerprint density at radius 3 is 2.92 bits per heavy atom. The number of piperidine rings is 1. The predicted molar refractivity (Wildman–Crippen MR) is 93.0 cm³/mol. The molecule has 4 rings (SSSR count). The largest absolute Gasteiger partial charge is 0.497 e. The maximum absolute atomic E-state index is 12.9. The van der Waals surface area contributed by atoms with Crippen molar-refractivity contribution in [2.45, 2.75) is 44.7 Å². The molecule has 3 atom stereocenters. The zero-order valence-electron chi connectivity index (χ0n) is 15.1. The summed E-state index contributed by atoms with van der Waals surface area (Å²) in [5.74, 6) is 2.11. The molecule has 1 aliphatic heterocycles. The minimum absolute atomic E-state index is 0.0789. The van der Waals surface area contributed by atoms with E-state index in [2.05, 4.69) is 10.3 Å². The second-order valence-electron chi connectivity index (χ2n) is 7.06. The van der Waals surface area contributed by atoms with Crippen LogP contribution < -0.4 is 9.47 Å². The smallest absolute Gasteiger partial charge is 0.229 e. The van der Waals surface area contributed by atoms with Crippen molar-refractivity contribution in [1.82, 2.24) is 15.2 Å². The second-order valence-corrected chi connectivity index (χ2v) is 7.06. The third kappa shape index (κ3) is 3.13. The van der Waals surface area contributed by atoms with Gasteiger partial charge in [-0.25, -0.2) is 4.63 Å². The number of aromatic nitrogens is 2. The number of likely N-dealkylation sites (tertiary alicyclic amines) is 1. The van der Waals surface area contributed by atoms with E-state index >= 15 is 0 Å². The van der Waals surface area contributed by atoms with Gasteiger partial charge in [-0.05, 0) is 44.2 Å². The maximum Gasteiger partial charge on any atom is 0.229 e. The number of amides is 1. The lowest BCUT2D eigenvalue weighted by Gasteiger charge is -2.35. The minimum atomic E-state index is 0.0789. The van der Waals surface area contributed by atoms with Crippen molar-refractivity contribution in [3.8, 4) is 11.5 Å². The topological polar surface area (TPSA) is 77.7 Å². The molecule has 0 radical (unpaired) electrons. The third-order valence-corrected chi connectivity index (χ3v) is 5.56. The van der Waals surface area contributed by atoms with E-state index in [1.165, 1.54) is 0 Å². The van der Waals surface area contributed by atoms with E-state index in [0.717, 1.165) is 30.8 Å². The van der Waals surface area contributed by atoms with Crippen LogP contribution in [0.2, 0.25) is 0 Å². The lowest BCUT2D eigenvalue weighted by molar-refractivity contribution is -0.135. The Morgan fingerprint density at radius 1 is 1.31 bits per heavy atom. The second kappa shape index (κ2) is 6.97. The van der Waals surface area contributed by atoms with Gasteiger partial charge in [0.1, 0.15) is 29.5 Å². The van der Waals surface area contributed by atoms with Crippen molar-refractivity contribution >= 4 is 5.91 Å². The van der Waals surface area contributed by atoms with Gasteiger partial charge in [-0.1, -0.05) is 16.4 Å². The molecule has 0 N–H and O–H groups in total. The summed E-state index contributed by atoms with van der Waals surface area (Å²) in [6, 6.07) is 7.97. The normalized spacial score (nSPS) is 24.1. The SMILES string of the molecule is COc1cccc(OC[C@H]2[C@H]3CC[C@H](C3)N2C(=O)Cc2nonc2C)c1. The third-order valence-electron chi connectivity index (χ3n) is 5.56. The summed E-state index contributed by atoms with van der Waals surface area (Å²) in [5, 5.41) is 7.61. The maximum atomic E-state index is 12.9. The number of methoxy groups -OCH3 is 1. The zero-order valence-corrected chi connectivity index (χ0v) is 15.1. The summed E-state index contributed by atoms with van der Waals surface area (Å²) in [7, 11) is 1.64. The highest BCUT2D eigenvalue weighted by atomic mass is 16.6. The summed E-state index contributed by atoms with van der Waals surface area (Å²) in [6.07, 6.45) is 3.52. The number of hydrogen-bond donors (Lipinski definition) is 0. The number of carbonyl (C=O) groups excluding carboxylic acids is 1. The fourth-order valence-corrected chi connectivity index (χ4v) is 4.21. The molecule has 2 aliphatic rings. The van der Waals surface area contributed by atoms with Crippen LogP contribution in [0, 0.1) is 12.8 Å². The first-order chi connectivity index (χ1) is 12.7. The van der Waals surface area contributed by atoms with Crippen molar-refractivity contribution in [1.29, 1.82) is 0 Å². The number of carbonyl (C=O) groups is 1. The number of fused-ring (bicyclic) bond motifs is 2. The van der Waals surface area contributed by atoms with Gasteiger partial charge in [0.05, 0.1) is 19.6 Å². The monoisotopic (exact) mass is 357 g/mol. The molecule has 2 fully saturated rings. The van der Waals surface area contributed by atoms with Crippen LogP contribution in [0.3, 0.4) is 0 Å². The van der Waals surface area contributed by atoms with Crippen molar-refractivity contribution in [3.63, 3.8) is 0 Å². The Labute approximate surface area is 152 Å². The predicted octanol–water partition coefficient (Wildman–Crippen LogP) is 2.39. The van der Waals surface area contributed by atoms with E-state index in [9.17, 15) is 4.79 Å². The Balaban J connectivity index is 1.45. The van der Waals surface area contributed by atoms with E-state index in [1.807, 2.05) is 29.2 Å². The van der Waals surface area contributed by atoms with Crippen LogP contribution in [0.4, 0.5) is 0 Å². The molecule has 7 heteroatoms. The van der Waals surface area contributed by atoms with Crippen molar-refractivity contribution in [3.05, 3.63) is 35.7 Å². The number of rotatable bonds is 6. The Hall–Kier alpha value is -2.57. The molecule has 0 spiro atoms. The van der Waals surface area contributed by atoms with Gasteiger partial charge in [0.25, 0.3) is 0 Å². The van der Waals surface area contributed by atoms with E-state index in [-0.39, 0.29) is 18.4 Å². The van der Waals surface area contributed by atoms with E-state index in [1.54, 1.807) is 14.0 Å². The highest BCUT2D eigenvalue weighted by Gasteiger charge is 2.48. The van der Waals surface area contributed by atoms with E-state index in [4.69, 9.17) is 14.1 Å². The van der Waals surface area contributed by atoms with Crippen molar-refractivity contribution in [2.24, 2.45) is 5.92 Å². The van der Waals surface area contributed by atoms with Crippen LogP contribution in [-0.4, -0.2) is 46.9 Å².